The highest BCUT2D eigenvalue weighted by molar-refractivity contribution is 7.20. The summed E-state index contributed by atoms with van der Waals surface area (Å²) in [4.78, 5) is 45.7. The standard InChI is InChI=1S/C26H21N3O5S/c1-33-26(32)21-19-11-10-15-4-2-3-5-18(15)22(19)35-24(21)29-20(30)14-34-25(31)17-8-6-16(7-9-17)23-27-12-13-28-23/h2-9,12-13H,10-11,14H2,1H3,(H,27,28)(H,29,30). The largest absolute Gasteiger partial charge is 0.465 e. The normalized spacial score (nSPS) is 11.8. The van der Waals surface area contributed by atoms with E-state index in [1.807, 2.05) is 18.2 Å². The van der Waals surface area contributed by atoms with Crippen LogP contribution in [-0.2, 0) is 27.1 Å². The van der Waals surface area contributed by atoms with Crippen molar-refractivity contribution in [2.45, 2.75) is 12.8 Å². The van der Waals surface area contributed by atoms with Gasteiger partial charge in [0.2, 0.25) is 0 Å². The van der Waals surface area contributed by atoms with Crippen molar-refractivity contribution < 1.29 is 23.9 Å². The van der Waals surface area contributed by atoms with Gasteiger partial charge in [-0.05, 0) is 41.7 Å². The number of thiophene rings is 1. The number of aromatic nitrogens is 2. The Morgan fingerprint density at radius 1 is 1.06 bits per heavy atom. The first-order valence-electron chi connectivity index (χ1n) is 10.9. The molecule has 0 saturated carbocycles. The summed E-state index contributed by atoms with van der Waals surface area (Å²) < 4.78 is 10.2. The number of anilines is 1. The van der Waals surface area contributed by atoms with Gasteiger partial charge in [-0.2, -0.15) is 0 Å². The fourth-order valence-electron chi connectivity index (χ4n) is 4.11. The second-order valence-corrected chi connectivity index (χ2v) is 8.92. The van der Waals surface area contributed by atoms with Gasteiger partial charge in [-0.3, -0.25) is 4.79 Å². The number of ether oxygens (including phenoxy) is 2. The minimum Gasteiger partial charge on any atom is -0.465 e. The number of rotatable bonds is 6. The Morgan fingerprint density at radius 3 is 2.60 bits per heavy atom. The first kappa shape index (κ1) is 22.5. The molecule has 0 atom stereocenters. The third kappa shape index (κ3) is 4.45. The second-order valence-electron chi connectivity index (χ2n) is 7.90. The molecule has 176 valence electrons. The van der Waals surface area contributed by atoms with Crippen LogP contribution in [0, 0.1) is 0 Å². The Bertz CT molecular complexity index is 1410. The van der Waals surface area contributed by atoms with Crippen molar-refractivity contribution >= 4 is 34.2 Å². The molecule has 8 nitrogen and oxygen atoms in total. The number of nitrogens with one attached hydrogen (secondary N) is 2. The second kappa shape index (κ2) is 9.55. The fraction of sp³-hybridized carbons (Fsp3) is 0.154. The molecule has 0 radical (unpaired) electrons. The molecule has 2 aromatic carbocycles. The van der Waals surface area contributed by atoms with Crippen LogP contribution < -0.4 is 5.32 Å². The highest BCUT2D eigenvalue weighted by atomic mass is 32.1. The van der Waals surface area contributed by atoms with Crippen LogP contribution >= 0.6 is 11.3 Å². The van der Waals surface area contributed by atoms with Gasteiger partial charge in [-0.15, -0.1) is 11.3 Å². The minimum atomic E-state index is -0.626. The van der Waals surface area contributed by atoms with Crippen molar-refractivity contribution in [1.82, 2.24) is 9.97 Å². The number of hydrogen-bond acceptors (Lipinski definition) is 7. The predicted octanol–water partition coefficient (Wildman–Crippen LogP) is 4.49. The van der Waals surface area contributed by atoms with Crippen LogP contribution in [0.1, 0.15) is 31.8 Å². The monoisotopic (exact) mass is 487 g/mol. The first-order valence-corrected chi connectivity index (χ1v) is 11.8. The smallest absolute Gasteiger partial charge is 0.341 e. The number of nitrogens with zero attached hydrogens (tertiary/aromatic N) is 1. The zero-order chi connectivity index (χ0) is 24.4. The lowest BCUT2D eigenvalue weighted by atomic mass is 9.89. The van der Waals surface area contributed by atoms with Crippen molar-refractivity contribution in [3.63, 3.8) is 0 Å². The Labute approximate surface area is 204 Å². The maximum Gasteiger partial charge on any atom is 0.341 e. The Kier molecular flexibility index (Phi) is 6.15. The van der Waals surface area contributed by atoms with Crippen molar-refractivity contribution in [2.75, 3.05) is 19.0 Å². The van der Waals surface area contributed by atoms with Crippen LogP contribution in [0.5, 0.6) is 0 Å². The number of carbonyl (C=O) groups is 3. The molecule has 2 aromatic heterocycles. The molecule has 4 aromatic rings. The predicted molar refractivity (Wildman–Crippen MR) is 131 cm³/mol. The summed E-state index contributed by atoms with van der Waals surface area (Å²) in [6.45, 7) is -0.488. The molecule has 9 heteroatoms. The molecule has 1 aliphatic carbocycles. The van der Waals surface area contributed by atoms with Gasteiger partial charge >= 0.3 is 11.9 Å². The van der Waals surface area contributed by atoms with Gasteiger partial charge in [0, 0.05) is 22.8 Å². The van der Waals surface area contributed by atoms with Crippen LogP contribution in [0.25, 0.3) is 21.8 Å². The molecule has 0 spiro atoms. The number of amides is 1. The SMILES string of the molecule is COC(=O)c1c(NC(=O)COC(=O)c2ccc(-c3ncc[nH]3)cc2)sc2c1CCc1ccccc1-2. The lowest BCUT2D eigenvalue weighted by Crippen LogP contribution is -2.21. The molecule has 1 amide bonds. The van der Waals surface area contributed by atoms with Gasteiger partial charge in [0.05, 0.1) is 18.2 Å². The lowest BCUT2D eigenvalue weighted by molar-refractivity contribution is -0.119. The van der Waals surface area contributed by atoms with Crippen LogP contribution in [0.4, 0.5) is 5.00 Å². The van der Waals surface area contributed by atoms with E-state index in [2.05, 4.69) is 21.4 Å². The molecule has 2 heterocycles. The van der Waals surface area contributed by atoms with Gasteiger partial charge in [-0.25, -0.2) is 14.6 Å². The number of aromatic amines is 1. The number of benzene rings is 2. The lowest BCUT2D eigenvalue weighted by Gasteiger charge is -2.16. The number of imidazole rings is 1. The summed E-state index contributed by atoms with van der Waals surface area (Å²) in [5.41, 5.74) is 4.60. The highest BCUT2D eigenvalue weighted by Gasteiger charge is 2.29. The molecular formula is C26H21N3O5S. The van der Waals surface area contributed by atoms with Crippen LogP contribution in [0.3, 0.4) is 0 Å². The molecule has 35 heavy (non-hydrogen) atoms. The van der Waals surface area contributed by atoms with E-state index in [4.69, 9.17) is 9.47 Å². The van der Waals surface area contributed by atoms with E-state index >= 15 is 0 Å². The molecular weight excluding hydrogens is 466 g/mol. The van der Waals surface area contributed by atoms with Gasteiger partial charge < -0.3 is 19.8 Å². The van der Waals surface area contributed by atoms with E-state index in [0.717, 1.165) is 28.0 Å². The topological polar surface area (TPSA) is 110 Å². The molecule has 0 bridgehead atoms. The summed E-state index contributed by atoms with van der Waals surface area (Å²) in [6, 6.07) is 14.7. The number of H-pyrrole nitrogens is 1. The highest BCUT2D eigenvalue weighted by Crippen LogP contribution is 2.45. The average Bonchev–Trinajstić information content (AvgIpc) is 3.55. The number of carbonyl (C=O) groups excluding carboxylic acids is 3. The summed E-state index contributed by atoms with van der Waals surface area (Å²) in [5, 5.41) is 3.13. The van der Waals surface area contributed by atoms with E-state index in [1.54, 1.807) is 36.7 Å². The maximum atomic E-state index is 12.6. The quantitative estimate of drug-likeness (QED) is 0.388. The van der Waals surface area contributed by atoms with Crippen molar-refractivity contribution in [1.29, 1.82) is 0 Å². The molecule has 0 fully saturated rings. The third-order valence-corrected chi connectivity index (χ3v) is 6.96. The molecule has 2 N–H and O–H groups in total. The summed E-state index contributed by atoms with van der Waals surface area (Å²) in [6.07, 6.45) is 4.83. The summed E-state index contributed by atoms with van der Waals surface area (Å²) in [7, 11) is 1.31. The number of methoxy groups -OCH3 is 1. The van der Waals surface area contributed by atoms with Gasteiger partial charge in [0.15, 0.2) is 6.61 Å². The average molecular weight is 488 g/mol. The maximum absolute atomic E-state index is 12.6. The van der Waals surface area contributed by atoms with E-state index in [0.29, 0.717) is 28.4 Å². The molecule has 0 aliphatic heterocycles. The Balaban J connectivity index is 1.29. The zero-order valence-corrected chi connectivity index (χ0v) is 19.6. The third-order valence-electron chi connectivity index (χ3n) is 5.78. The number of hydrogen-bond donors (Lipinski definition) is 2. The zero-order valence-electron chi connectivity index (χ0n) is 18.8. The van der Waals surface area contributed by atoms with Crippen molar-refractivity contribution in [2.24, 2.45) is 0 Å². The molecule has 0 unspecified atom stereocenters. The van der Waals surface area contributed by atoms with Gasteiger partial charge in [0.25, 0.3) is 5.91 Å². The van der Waals surface area contributed by atoms with Crippen molar-refractivity contribution in [3.05, 3.63) is 83.2 Å². The van der Waals surface area contributed by atoms with E-state index in [-0.39, 0.29) is 0 Å². The van der Waals surface area contributed by atoms with E-state index < -0.39 is 24.5 Å². The van der Waals surface area contributed by atoms with Crippen LogP contribution in [-0.4, -0.2) is 41.5 Å². The Hall–Kier alpha value is -4.24. The van der Waals surface area contributed by atoms with Crippen LogP contribution in [0.2, 0.25) is 0 Å². The Morgan fingerprint density at radius 2 is 1.86 bits per heavy atom. The fourth-order valence-corrected chi connectivity index (χ4v) is 5.43. The minimum absolute atomic E-state index is 0.312. The summed E-state index contributed by atoms with van der Waals surface area (Å²) >= 11 is 1.33. The molecule has 5 rings (SSSR count). The van der Waals surface area contributed by atoms with E-state index in [9.17, 15) is 14.4 Å². The number of fused-ring (bicyclic) bond motifs is 3. The molecule has 1 aliphatic rings. The van der Waals surface area contributed by atoms with Gasteiger partial charge in [-0.1, -0.05) is 36.4 Å². The molecule has 0 saturated heterocycles. The van der Waals surface area contributed by atoms with E-state index in [1.165, 1.54) is 24.0 Å². The van der Waals surface area contributed by atoms with Gasteiger partial charge in [0.1, 0.15) is 10.8 Å². The summed E-state index contributed by atoms with van der Waals surface area (Å²) in [5.74, 6) is -0.987. The number of esters is 2. The first-order chi connectivity index (χ1) is 17.0. The van der Waals surface area contributed by atoms with Crippen LogP contribution in [0.15, 0.2) is 60.9 Å². The van der Waals surface area contributed by atoms with Crippen molar-refractivity contribution in [3.8, 4) is 21.8 Å². The number of aryl methyl sites for hydroxylation is 1.